The van der Waals surface area contributed by atoms with E-state index in [4.69, 9.17) is 4.74 Å². The molecule has 4 nitrogen and oxygen atoms in total. The Morgan fingerprint density at radius 3 is 2.62 bits per heavy atom. The number of carbonyl (C=O) groups excluding carboxylic acids is 1. The molecule has 1 aliphatic rings. The summed E-state index contributed by atoms with van der Waals surface area (Å²) in [6.07, 6.45) is 1.77. The number of carbonyl (C=O) groups is 1. The highest BCUT2D eigenvalue weighted by Crippen LogP contribution is 2.29. The Hall–Kier alpha value is -2.60. The normalized spacial score (nSPS) is 17.2. The lowest BCUT2D eigenvalue weighted by Gasteiger charge is -2.08. The Balaban J connectivity index is 1.71. The summed E-state index contributed by atoms with van der Waals surface area (Å²) >= 11 is 1.19. The molecule has 1 fully saturated rings. The topological polar surface area (TPSA) is 50.7 Å². The van der Waals surface area contributed by atoms with Gasteiger partial charge in [-0.2, -0.15) is 0 Å². The van der Waals surface area contributed by atoms with Crippen molar-refractivity contribution in [3.8, 4) is 5.75 Å². The highest BCUT2D eigenvalue weighted by atomic mass is 32.2. The molecule has 134 valence electrons. The molecule has 3 rings (SSSR count). The van der Waals surface area contributed by atoms with Crippen LogP contribution in [0.5, 0.6) is 5.75 Å². The van der Waals surface area contributed by atoms with Gasteiger partial charge in [-0.05, 0) is 53.6 Å². The first-order chi connectivity index (χ1) is 12.5. The first kappa shape index (κ1) is 18.2. The number of halogens is 1. The maximum atomic E-state index is 13.7. The van der Waals surface area contributed by atoms with E-state index < -0.39 is 5.82 Å². The van der Waals surface area contributed by atoms with Crippen LogP contribution in [-0.2, 0) is 4.79 Å². The molecular formula is C20H19FN2O2S. The zero-order chi connectivity index (χ0) is 18.5. The third-order valence-electron chi connectivity index (χ3n) is 3.49. The molecule has 1 amide bonds. The minimum absolute atomic E-state index is 0.197. The number of benzene rings is 2. The lowest BCUT2D eigenvalue weighted by Crippen LogP contribution is -2.19. The van der Waals surface area contributed by atoms with E-state index in [2.05, 4.69) is 24.2 Å². The first-order valence-electron chi connectivity index (χ1n) is 8.28. The van der Waals surface area contributed by atoms with Crippen molar-refractivity contribution < 1.29 is 13.9 Å². The number of nitrogens with one attached hydrogen (secondary N) is 1. The molecule has 0 saturated carbocycles. The van der Waals surface area contributed by atoms with Crippen LogP contribution in [-0.4, -0.2) is 17.7 Å². The van der Waals surface area contributed by atoms with Gasteiger partial charge < -0.3 is 10.1 Å². The number of ether oxygens (including phenoxy) is 1. The highest BCUT2D eigenvalue weighted by molar-refractivity contribution is 8.18. The number of rotatable bonds is 5. The Bertz CT molecular complexity index is 860. The first-order valence-corrected chi connectivity index (χ1v) is 9.10. The largest absolute Gasteiger partial charge is 0.493 e. The van der Waals surface area contributed by atoms with Gasteiger partial charge in [0, 0.05) is 0 Å². The number of amides is 1. The zero-order valence-corrected chi connectivity index (χ0v) is 15.3. The molecule has 1 saturated heterocycles. The van der Waals surface area contributed by atoms with Gasteiger partial charge in [0.2, 0.25) is 0 Å². The summed E-state index contributed by atoms with van der Waals surface area (Å²) in [5.74, 6) is 0.586. The number of para-hydroxylation sites is 1. The molecule has 6 heteroatoms. The predicted octanol–water partition coefficient (Wildman–Crippen LogP) is 4.75. The van der Waals surface area contributed by atoms with Gasteiger partial charge in [-0.1, -0.05) is 38.1 Å². The van der Waals surface area contributed by atoms with E-state index in [1.165, 1.54) is 17.8 Å². The third kappa shape index (κ3) is 4.73. The fourth-order valence-electron chi connectivity index (χ4n) is 2.21. The number of amidine groups is 1. The molecular weight excluding hydrogens is 351 g/mol. The van der Waals surface area contributed by atoms with E-state index in [-0.39, 0.29) is 11.6 Å². The van der Waals surface area contributed by atoms with Crippen LogP contribution in [0.4, 0.5) is 10.1 Å². The number of hydrogen-bond acceptors (Lipinski definition) is 4. The van der Waals surface area contributed by atoms with Crippen LogP contribution in [0, 0.1) is 11.7 Å². The summed E-state index contributed by atoms with van der Waals surface area (Å²) in [6.45, 7) is 4.85. The van der Waals surface area contributed by atoms with E-state index >= 15 is 0 Å². The average molecular weight is 370 g/mol. The number of aliphatic imine (C=N–C) groups is 1. The molecule has 2 aromatic carbocycles. The van der Waals surface area contributed by atoms with Crippen LogP contribution in [0.15, 0.2) is 58.4 Å². The standard InChI is InChI=1S/C20H19FN2O2S/c1-13(2)12-25-15-9-7-14(8-10-15)11-18-19(24)23-20(26-18)22-17-6-4-3-5-16(17)21/h3-11,13H,12H2,1-2H3,(H,22,23,24)/b18-11-. The van der Waals surface area contributed by atoms with Crippen molar-refractivity contribution in [3.63, 3.8) is 0 Å². The maximum Gasteiger partial charge on any atom is 0.264 e. The quantitative estimate of drug-likeness (QED) is 0.773. The van der Waals surface area contributed by atoms with E-state index in [0.29, 0.717) is 22.6 Å². The lowest BCUT2D eigenvalue weighted by atomic mass is 10.2. The second-order valence-corrected chi connectivity index (χ2v) is 7.24. The molecule has 0 spiro atoms. The molecule has 0 unspecified atom stereocenters. The minimum Gasteiger partial charge on any atom is -0.493 e. The zero-order valence-electron chi connectivity index (χ0n) is 14.5. The smallest absolute Gasteiger partial charge is 0.264 e. The molecule has 2 aromatic rings. The second-order valence-electron chi connectivity index (χ2n) is 6.21. The van der Waals surface area contributed by atoms with Gasteiger partial charge in [-0.25, -0.2) is 9.38 Å². The summed E-state index contributed by atoms with van der Waals surface area (Å²) < 4.78 is 19.3. The van der Waals surface area contributed by atoms with Crippen molar-refractivity contribution in [2.45, 2.75) is 13.8 Å². The van der Waals surface area contributed by atoms with Crippen molar-refractivity contribution in [2.75, 3.05) is 6.61 Å². The van der Waals surface area contributed by atoms with Gasteiger partial charge in [0.25, 0.3) is 5.91 Å². The third-order valence-corrected chi connectivity index (χ3v) is 4.40. The molecule has 1 heterocycles. The molecule has 0 atom stereocenters. The maximum absolute atomic E-state index is 13.7. The molecule has 1 N–H and O–H groups in total. The minimum atomic E-state index is -0.427. The molecule has 0 aromatic heterocycles. The molecule has 1 aliphatic heterocycles. The van der Waals surface area contributed by atoms with Gasteiger partial charge in [0.05, 0.1) is 11.5 Å². The van der Waals surface area contributed by atoms with Crippen molar-refractivity contribution in [1.82, 2.24) is 5.32 Å². The van der Waals surface area contributed by atoms with Gasteiger partial charge in [-0.3, -0.25) is 4.79 Å². The average Bonchev–Trinajstić information content (AvgIpc) is 2.95. The summed E-state index contributed by atoms with van der Waals surface area (Å²) in [5.41, 5.74) is 1.08. The van der Waals surface area contributed by atoms with E-state index in [1.807, 2.05) is 24.3 Å². The number of thioether (sulfide) groups is 1. The Kier molecular flexibility index (Phi) is 5.73. The van der Waals surface area contributed by atoms with Crippen LogP contribution in [0.3, 0.4) is 0 Å². The Labute approximate surface area is 156 Å². The van der Waals surface area contributed by atoms with Crippen molar-refractivity contribution in [1.29, 1.82) is 0 Å². The van der Waals surface area contributed by atoms with Crippen LogP contribution >= 0.6 is 11.8 Å². The van der Waals surface area contributed by atoms with Gasteiger partial charge in [0.1, 0.15) is 17.3 Å². The van der Waals surface area contributed by atoms with Gasteiger partial charge in [-0.15, -0.1) is 0 Å². The fourth-order valence-corrected chi connectivity index (χ4v) is 3.04. The van der Waals surface area contributed by atoms with E-state index in [0.717, 1.165) is 11.3 Å². The highest BCUT2D eigenvalue weighted by Gasteiger charge is 2.24. The van der Waals surface area contributed by atoms with Crippen LogP contribution in [0.25, 0.3) is 6.08 Å². The number of nitrogens with zero attached hydrogens (tertiary/aromatic N) is 1. The van der Waals surface area contributed by atoms with Crippen LogP contribution in [0.1, 0.15) is 19.4 Å². The SMILES string of the molecule is CC(C)COc1ccc(/C=C2\SC(=Nc3ccccc3F)NC2=O)cc1. The summed E-state index contributed by atoms with van der Waals surface area (Å²) in [6, 6.07) is 13.7. The lowest BCUT2D eigenvalue weighted by molar-refractivity contribution is -0.115. The monoisotopic (exact) mass is 370 g/mol. The summed E-state index contributed by atoms with van der Waals surface area (Å²) in [7, 11) is 0. The molecule has 0 radical (unpaired) electrons. The number of hydrogen-bond donors (Lipinski definition) is 1. The van der Waals surface area contributed by atoms with E-state index in [9.17, 15) is 9.18 Å². The van der Waals surface area contributed by atoms with Crippen LogP contribution < -0.4 is 10.1 Å². The fraction of sp³-hybridized carbons (Fsp3) is 0.200. The van der Waals surface area contributed by atoms with Crippen molar-refractivity contribution in [3.05, 3.63) is 64.8 Å². The molecule has 26 heavy (non-hydrogen) atoms. The summed E-state index contributed by atoms with van der Waals surface area (Å²) in [4.78, 5) is 16.8. The van der Waals surface area contributed by atoms with Gasteiger partial charge >= 0.3 is 0 Å². The van der Waals surface area contributed by atoms with E-state index in [1.54, 1.807) is 24.3 Å². The predicted molar refractivity (Wildman–Crippen MR) is 104 cm³/mol. The van der Waals surface area contributed by atoms with Crippen molar-refractivity contribution in [2.24, 2.45) is 10.9 Å². The Morgan fingerprint density at radius 1 is 1.19 bits per heavy atom. The Morgan fingerprint density at radius 2 is 1.92 bits per heavy atom. The molecule has 0 bridgehead atoms. The second kappa shape index (κ2) is 8.19. The molecule has 0 aliphatic carbocycles. The van der Waals surface area contributed by atoms with Gasteiger partial charge in [0.15, 0.2) is 5.17 Å². The van der Waals surface area contributed by atoms with Crippen molar-refractivity contribution >= 4 is 34.6 Å². The summed E-state index contributed by atoms with van der Waals surface area (Å²) in [5, 5.41) is 3.02. The van der Waals surface area contributed by atoms with Crippen LogP contribution in [0.2, 0.25) is 0 Å².